The Morgan fingerprint density at radius 3 is 2.04 bits per heavy atom. The lowest BCUT2D eigenvalue weighted by Crippen LogP contribution is -2.43. The summed E-state index contributed by atoms with van der Waals surface area (Å²) >= 11 is 0. The lowest BCUT2D eigenvalue weighted by atomic mass is 9.79. The van der Waals surface area contributed by atoms with Crippen LogP contribution >= 0.6 is 0 Å². The summed E-state index contributed by atoms with van der Waals surface area (Å²) in [6, 6.07) is 0. The SMILES string of the molecule is CC(C)OC(=O)C1C2CCC(C2)C1C(=O)OCC(C(F)(F)F)S(=O)(=O)[O-]. The van der Waals surface area contributed by atoms with Crippen LogP contribution in [0.4, 0.5) is 13.2 Å². The Bertz CT molecular complexity index is 659. The predicted molar refractivity (Wildman–Crippen MR) is 79.5 cm³/mol. The first-order chi connectivity index (χ1) is 11.8. The molecule has 0 radical (unpaired) electrons. The molecule has 0 aliphatic heterocycles. The van der Waals surface area contributed by atoms with Crippen LogP contribution in [0, 0.1) is 23.7 Å². The zero-order valence-electron chi connectivity index (χ0n) is 14.2. The molecule has 2 fully saturated rings. The van der Waals surface area contributed by atoms with Gasteiger partial charge in [-0.3, -0.25) is 9.59 Å². The second-order valence-corrected chi connectivity index (χ2v) is 8.58. The zero-order chi connectivity index (χ0) is 19.9. The van der Waals surface area contributed by atoms with Gasteiger partial charge < -0.3 is 14.0 Å². The highest BCUT2D eigenvalue weighted by Gasteiger charge is 2.56. The van der Waals surface area contributed by atoms with E-state index in [1.807, 2.05) is 0 Å². The fraction of sp³-hybridized carbons (Fsp3) is 0.867. The number of carbonyl (C=O) groups is 2. The molecular weight excluding hydrogens is 381 g/mol. The number of halogens is 3. The lowest BCUT2D eigenvalue weighted by molar-refractivity contribution is -0.170. The Hall–Kier alpha value is -1.36. The van der Waals surface area contributed by atoms with E-state index in [4.69, 9.17) is 4.74 Å². The highest BCUT2D eigenvalue weighted by atomic mass is 32.2. The molecule has 2 aliphatic carbocycles. The number of carbonyl (C=O) groups excluding carboxylic acids is 2. The third-order valence-electron chi connectivity index (χ3n) is 4.90. The number of esters is 2. The molecule has 5 atom stereocenters. The largest absolute Gasteiger partial charge is 0.747 e. The second-order valence-electron chi connectivity index (χ2n) is 7.02. The first-order valence-corrected chi connectivity index (χ1v) is 9.68. The van der Waals surface area contributed by atoms with E-state index in [1.54, 1.807) is 13.8 Å². The fourth-order valence-corrected chi connectivity index (χ4v) is 4.44. The van der Waals surface area contributed by atoms with Crippen molar-refractivity contribution in [2.45, 2.75) is 50.6 Å². The van der Waals surface area contributed by atoms with Gasteiger partial charge in [-0.05, 0) is 44.9 Å². The third kappa shape index (κ3) is 4.48. The van der Waals surface area contributed by atoms with E-state index in [-0.39, 0.29) is 11.8 Å². The van der Waals surface area contributed by atoms with Gasteiger partial charge in [0, 0.05) is 0 Å². The smallest absolute Gasteiger partial charge is 0.407 e. The van der Waals surface area contributed by atoms with Crippen LogP contribution in [0.15, 0.2) is 0 Å². The lowest BCUT2D eigenvalue weighted by Gasteiger charge is -2.29. The summed E-state index contributed by atoms with van der Waals surface area (Å²) in [6.45, 7) is 1.64. The number of rotatable bonds is 6. The van der Waals surface area contributed by atoms with E-state index in [9.17, 15) is 35.7 Å². The van der Waals surface area contributed by atoms with Crippen LogP contribution in [0.3, 0.4) is 0 Å². The average molecular weight is 401 g/mol. The van der Waals surface area contributed by atoms with Crippen LogP contribution in [0.2, 0.25) is 0 Å². The van der Waals surface area contributed by atoms with Crippen molar-refractivity contribution in [2.24, 2.45) is 23.7 Å². The summed E-state index contributed by atoms with van der Waals surface area (Å²) in [5.41, 5.74) is 0. The van der Waals surface area contributed by atoms with Crippen LogP contribution in [-0.4, -0.2) is 49.0 Å². The molecule has 0 spiro atoms. The molecule has 2 bridgehead atoms. The number of alkyl halides is 3. The van der Waals surface area contributed by atoms with Gasteiger partial charge >= 0.3 is 18.1 Å². The van der Waals surface area contributed by atoms with Crippen molar-refractivity contribution in [3.05, 3.63) is 0 Å². The van der Waals surface area contributed by atoms with Crippen LogP contribution in [0.5, 0.6) is 0 Å². The standard InChI is InChI=1S/C15H21F3O7S/c1-7(2)25-14(20)12-9-4-3-8(5-9)11(12)13(19)24-6-10(15(16,17)18)26(21,22)23/h7-12H,3-6H2,1-2H3,(H,21,22,23)/p-1. The molecule has 7 nitrogen and oxygen atoms in total. The second kappa shape index (κ2) is 7.34. The molecule has 26 heavy (non-hydrogen) atoms. The summed E-state index contributed by atoms with van der Waals surface area (Å²) in [5.74, 6) is -3.87. The van der Waals surface area contributed by atoms with Gasteiger partial charge in [0.1, 0.15) is 16.7 Å². The van der Waals surface area contributed by atoms with Crippen molar-refractivity contribution in [3.8, 4) is 0 Å². The average Bonchev–Trinajstić information content (AvgIpc) is 3.03. The molecule has 0 heterocycles. The number of hydrogen-bond acceptors (Lipinski definition) is 7. The predicted octanol–water partition coefficient (Wildman–Crippen LogP) is 1.62. The van der Waals surface area contributed by atoms with E-state index in [0.717, 1.165) is 0 Å². The summed E-state index contributed by atoms with van der Waals surface area (Å²) < 4.78 is 80.1. The number of fused-ring (bicyclic) bond motifs is 2. The first kappa shape index (κ1) is 20.9. The maximum Gasteiger partial charge on any atom is 0.407 e. The Morgan fingerprint density at radius 1 is 1.12 bits per heavy atom. The Kier molecular flexibility index (Phi) is 5.91. The molecule has 11 heteroatoms. The maximum absolute atomic E-state index is 12.7. The third-order valence-corrected chi connectivity index (χ3v) is 6.00. The molecule has 0 aromatic carbocycles. The fourth-order valence-electron chi connectivity index (χ4n) is 3.88. The van der Waals surface area contributed by atoms with Crippen molar-refractivity contribution in [1.29, 1.82) is 0 Å². The molecule has 5 unspecified atom stereocenters. The van der Waals surface area contributed by atoms with Gasteiger partial charge in [-0.25, -0.2) is 8.42 Å². The molecule has 2 aliphatic rings. The molecule has 2 rings (SSSR count). The normalized spacial score (nSPS) is 29.7. The minimum absolute atomic E-state index is 0.120. The molecule has 0 amide bonds. The number of hydrogen-bond donors (Lipinski definition) is 0. The van der Waals surface area contributed by atoms with E-state index in [2.05, 4.69) is 4.74 Å². The summed E-state index contributed by atoms with van der Waals surface area (Å²) in [5, 5.41) is -3.33. The minimum atomic E-state index is -5.74. The Balaban J connectivity index is 2.11. The van der Waals surface area contributed by atoms with Crippen molar-refractivity contribution >= 4 is 22.1 Å². The summed E-state index contributed by atoms with van der Waals surface area (Å²) in [6.07, 6.45) is -3.89. The van der Waals surface area contributed by atoms with E-state index in [0.29, 0.717) is 19.3 Å². The molecule has 150 valence electrons. The minimum Gasteiger partial charge on any atom is -0.747 e. The van der Waals surface area contributed by atoms with Gasteiger partial charge in [0.05, 0.1) is 17.9 Å². The van der Waals surface area contributed by atoms with Crippen LogP contribution in [-0.2, 0) is 29.2 Å². The van der Waals surface area contributed by atoms with E-state index in [1.165, 1.54) is 0 Å². The van der Waals surface area contributed by atoms with Gasteiger partial charge in [-0.1, -0.05) is 0 Å². The van der Waals surface area contributed by atoms with E-state index < -0.39 is 58.0 Å². The van der Waals surface area contributed by atoms with Gasteiger partial charge in [-0.15, -0.1) is 0 Å². The topological polar surface area (TPSA) is 110 Å². The van der Waals surface area contributed by atoms with Crippen molar-refractivity contribution in [1.82, 2.24) is 0 Å². The Morgan fingerprint density at radius 2 is 1.62 bits per heavy atom. The molecular formula is C15H20F3O7S-. The van der Waals surface area contributed by atoms with Gasteiger partial charge in [0.2, 0.25) is 0 Å². The molecule has 0 N–H and O–H groups in total. The Labute approximate surface area is 149 Å². The summed E-state index contributed by atoms with van der Waals surface area (Å²) in [4.78, 5) is 24.6. The van der Waals surface area contributed by atoms with Crippen LogP contribution in [0.1, 0.15) is 33.1 Å². The van der Waals surface area contributed by atoms with Gasteiger partial charge in [-0.2, -0.15) is 13.2 Å². The molecule has 0 aromatic heterocycles. The monoisotopic (exact) mass is 401 g/mol. The van der Waals surface area contributed by atoms with Crippen molar-refractivity contribution in [3.63, 3.8) is 0 Å². The van der Waals surface area contributed by atoms with Gasteiger partial charge in [0.25, 0.3) is 0 Å². The highest BCUT2D eigenvalue weighted by molar-refractivity contribution is 7.86. The highest BCUT2D eigenvalue weighted by Crippen LogP contribution is 2.53. The van der Waals surface area contributed by atoms with Crippen molar-refractivity contribution in [2.75, 3.05) is 6.61 Å². The molecule has 0 aromatic rings. The molecule has 0 saturated heterocycles. The van der Waals surface area contributed by atoms with Crippen LogP contribution < -0.4 is 0 Å². The first-order valence-electron chi connectivity index (χ1n) is 8.21. The van der Waals surface area contributed by atoms with Gasteiger partial charge in [0.15, 0.2) is 5.25 Å². The summed E-state index contributed by atoms with van der Waals surface area (Å²) in [7, 11) is -5.74. The molecule has 2 saturated carbocycles. The van der Waals surface area contributed by atoms with Crippen molar-refractivity contribution < 1.29 is 45.2 Å². The van der Waals surface area contributed by atoms with Crippen LogP contribution in [0.25, 0.3) is 0 Å². The zero-order valence-corrected chi connectivity index (χ0v) is 15.0. The number of ether oxygens (including phenoxy) is 2. The quantitative estimate of drug-likeness (QED) is 0.491. The van der Waals surface area contributed by atoms with E-state index >= 15 is 0 Å². The maximum atomic E-state index is 12.7.